The topological polar surface area (TPSA) is 0 Å². The van der Waals surface area contributed by atoms with Crippen LogP contribution < -0.4 is 0 Å². The van der Waals surface area contributed by atoms with E-state index in [1.54, 1.807) is 12.1 Å². The first-order valence-electron chi connectivity index (χ1n) is 5.08. The van der Waals surface area contributed by atoms with Crippen LogP contribution >= 0.6 is 11.6 Å². The van der Waals surface area contributed by atoms with Gasteiger partial charge >= 0.3 is 0 Å². The standard InChI is InChI=1S/C12H14ClF/c1-7(2)9-5-11(13)10(6-12(9)14)8-3-4-8/h5-8H,3-4H2,1-2H3. The third-order valence-electron chi connectivity index (χ3n) is 2.76. The molecule has 0 spiro atoms. The van der Waals surface area contributed by atoms with Gasteiger partial charge in [-0.05, 0) is 47.9 Å². The van der Waals surface area contributed by atoms with E-state index < -0.39 is 0 Å². The van der Waals surface area contributed by atoms with Crippen LogP contribution in [0.2, 0.25) is 5.02 Å². The molecule has 0 N–H and O–H groups in total. The zero-order chi connectivity index (χ0) is 10.3. The molecule has 1 aromatic rings. The first-order chi connectivity index (χ1) is 6.59. The van der Waals surface area contributed by atoms with Crippen molar-refractivity contribution in [2.24, 2.45) is 0 Å². The van der Waals surface area contributed by atoms with Crippen molar-refractivity contribution >= 4 is 11.6 Å². The van der Waals surface area contributed by atoms with Gasteiger partial charge in [-0.1, -0.05) is 25.4 Å². The van der Waals surface area contributed by atoms with Crippen molar-refractivity contribution in [3.63, 3.8) is 0 Å². The Morgan fingerprint density at radius 3 is 2.50 bits per heavy atom. The van der Waals surface area contributed by atoms with Gasteiger partial charge in [0.1, 0.15) is 5.82 Å². The average molecular weight is 213 g/mol. The molecule has 0 saturated heterocycles. The molecule has 0 atom stereocenters. The Morgan fingerprint density at radius 2 is 2.00 bits per heavy atom. The Morgan fingerprint density at radius 1 is 1.36 bits per heavy atom. The van der Waals surface area contributed by atoms with Crippen molar-refractivity contribution in [1.82, 2.24) is 0 Å². The molecule has 1 aliphatic carbocycles. The van der Waals surface area contributed by atoms with Crippen LogP contribution in [-0.2, 0) is 0 Å². The van der Waals surface area contributed by atoms with Crippen molar-refractivity contribution < 1.29 is 4.39 Å². The summed E-state index contributed by atoms with van der Waals surface area (Å²) in [5, 5.41) is 0.734. The maximum atomic E-state index is 13.6. The molecule has 0 radical (unpaired) electrons. The minimum atomic E-state index is -0.105. The molecule has 0 nitrogen and oxygen atoms in total. The first-order valence-corrected chi connectivity index (χ1v) is 5.46. The zero-order valence-corrected chi connectivity index (χ0v) is 9.24. The predicted molar refractivity (Wildman–Crippen MR) is 57.5 cm³/mol. The predicted octanol–water partition coefficient (Wildman–Crippen LogP) is 4.48. The van der Waals surface area contributed by atoms with Crippen LogP contribution in [0.25, 0.3) is 0 Å². The molecule has 1 aromatic carbocycles. The Labute approximate surface area is 89.1 Å². The molecule has 0 aliphatic heterocycles. The Kier molecular flexibility index (Phi) is 2.52. The van der Waals surface area contributed by atoms with Gasteiger partial charge in [0.2, 0.25) is 0 Å². The molecule has 1 saturated carbocycles. The SMILES string of the molecule is CC(C)c1cc(Cl)c(C2CC2)cc1F. The van der Waals surface area contributed by atoms with Gasteiger partial charge in [-0.15, -0.1) is 0 Å². The maximum Gasteiger partial charge on any atom is 0.127 e. The fourth-order valence-electron chi connectivity index (χ4n) is 1.73. The lowest BCUT2D eigenvalue weighted by Gasteiger charge is -2.10. The second-order valence-electron chi connectivity index (χ2n) is 4.32. The summed E-state index contributed by atoms with van der Waals surface area (Å²) in [4.78, 5) is 0. The molecular weight excluding hydrogens is 199 g/mol. The summed E-state index contributed by atoms with van der Waals surface area (Å²) in [6.07, 6.45) is 2.31. The number of hydrogen-bond donors (Lipinski definition) is 0. The Hall–Kier alpha value is -0.560. The minimum Gasteiger partial charge on any atom is -0.207 e. The molecule has 0 heterocycles. The quantitative estimate of drug-likeness (QED) is 0.678. The van der Waals surface area contributed by atoms with E-state index in [1.807, 2.05) is 13.8 Å². The summed E-state index contributed by atoms with van der Waals surface area (Å²) < 4.78 is 13.6. The summed E-state index contributed by atoms with van der Waals surface area (Å²) in [6, 6.07) is 3.41. The van der Waals surface area contributed by atoms with Gasteiger partial charge in [0.25, 0.3) is 0 Å². The van der Waals surface area contributed by atoms with Gasteiger partial charge in [0, 0.05) is 5.02 Å². The molecule has 1 fully saturated rings. The molecule has 14 heavy (non-hydrogen) atoms. The Balaban J connectivity index is 2.43. The number of hydrogen-bond acceptors (Lipinski definition) is 0. The van der Waals surface area contributed by atoms with Crippen LogP contribution in [0.4, 0.5) is 4.39 Å². The lowest BCUT2D eigenvalue weighted by atomic mass is 9.99. The Bertz CT molecular complexity index is 326. The van der Waals surface area contributed by atoms with Crippen molar-refractivity contribution in [2.45, 2.75) is 38.5 Å². The number of rotatable bonds is 2. The van der Waals surface area contributed by atoms with E-state index in [1.165, 1.54) is 0 Å². The summed E-state index contributed by atoms with van der Waals surface area (Å²) in [6.45, 7) is 3.96. The van der Waals surface area contributed by atoms with E-state index >= 15 is 0 Å². The van der Waals surface area contributed by atoms with Gasteiger partial charge in [0.05, 0.1) is 0 Å². The maximum absolute atomic E-state index is 13.6. The van der Waals surface area contributed by atoms with Crippen molar-refractivity contribution in [1.29, 1.82) is 0 Å². The van der Waals surface area contributed by atoms with Gasteiger partial charge in [-0.25, -0.2) is 4.39 Å². The van der Waals surface area contributed by atoms with E-state index in [0.717, 1.165) is 29.0 Å². The number of benzene rings is 1. The lowest BCUT2D eigenvalue weighted by molar-refractivity contribution is 0.596. The molecule has 0 unspecified atom stereocenters. The molecule has 0 amide bonds. The van der Waals surface area contributed by atoms with E-state index in [4.69, 9.17) is 11.6 Å². The summed E-state index contributed by atoms with van der Waals surface area (Å²) >= 11 is 6.11. The van der Waals surface area contributed by atoms with Crippen molar-refractivity contribution in [3.8, 4) is 0 Å². The van der Waals surface area contributed by atoms with Gasteiger partial charge < -0.3 is 0 Å². The smallest absolute Gasteiger partial charge is 0.127 e. The lowest BCUT2D eigenvalue weighted by Crippen LogP contribution is -1.95. The van der Waals surface area contributed by atoms with Crippen LogP contribution in [0.5, 0.6) is 0 Å². The molecule has 2 heteroatoms. The summed E-state index contributed by atoms with van der Waals surface area (Å²) in [5.41, 5.74) is 1.72. The highest BCUT2D eigenvalue weighted by Gasteiger charge is 2.27. The highest BCUT2D eigenvalue weighted by molar-refractivity contribution is 6.31. The third kappa shape index (κ3) is 1.78. The van der Waals surface area contributed by atoms with Crippen LogP contribution in [0.3, 0.4) is 0 Å². The zero-order valence-electron chi connectivity index (χ0n) is 8.48. The van der Waals surface area contributed by atoms with Crippen molar-refractivity contribution in [2.75, 3.05) is 0 Å². The van der Waals surface area contributed by atoms with Crippen LogP contribution in [0.15, 0.2) is 12.1 Å². The normalized spacial score (nSPS) is 16.4. The highest BCUT2D eigenvalue weighted by Crippen LogP contribution is 2.44. The molecule has 1 aliphatic rings. The minimum absolute atomic E-state index is 0.105. The summed E-state index contributed by atoms with van der Waals surface area (Å²) in [5.74, 6) is 0.602. The van der Waals surface area contributed by atoms with Gasteiger partial charge in [0.15, 0.2) is 0 Å². The van der Waals surface area contributed by atoms with E-state index in [2.05, 4.69) is 0 Å². The molecule has 0 aromatic heterocycles. The summed E-state index contributed by atoms with van der Waals surface area (Å²) in [7, 11) is 0. The van der Waals surface area contributed by atoms with Crippen LogP contribution in [0, 0.1) is 5.82 Å². The fraction of sp³-hybridized carbons (Fsp3) is 0.500. The van der Waals surface area contributed by atoms with E-state index in [9.17, 15) is 4.39 Å². The molecule has 2 rings (SSSR count). The van der Waals surface area contributed by atoms with Crippen LogP contribution in [0.1, 0.15) is 49.7 Å². The average Bonchev–Trinajstić information content (AvgIpc) is 2.91. The molecule has 0 bridgehead atoms. The molecular formula is C12H14ClF. The molecule has 76 valence electrons. The van der Waals surface area contributed by atoms with Gasteiger partial charge in [-0.3, -0.25) is 0 Å². The largest absolute Gasteiger partial charge is 0.207 e. The fourth-order valence-corrected chi connectivity index (χ4v) is 2.05. The first kappa shape index (κ1) is 9.97. The van der Waals surface area contributed by atoms with Gasteiger partial charge in [-0.2, -0.15) is 0 Å². The monoisotopic (exact) mass is 212 g/mol. The second kappa shape index (κ2) is 3.54. The third-order valence-corrected chi connectivity index (χ3v) is 3.08. The van der Waals surface area contributed by atoms with E-state index in [0.29, 0.717) is 5.92 Å². The van der Waals surface area contributed by atoms with E-state index in [-0.39, 0.29) is 11.7 Å². The highest BCUT2D eigenvalue weighted by atomic mass is 35.5. The van der Waals surface area contributed by atoms with Crippen LogP contribution in [-0.4, -0.2) is 0 Å². The number of halogens is 2. The second-order valence-corrected chi connectivity index (χ2v) is 4.73. The van der Waals surface area contributed by atoms with Crippen molar-refractivity contribution in [3.05, 3.63) is 34.1 Å².